The normalized spacial score (nSPS) is 15.1. The molecule has 0 aliphatic heterocycles. The summed E-state index contributed by atoms with van der Waals surface area (Å²) in [6.45, 7) is 2.26. The van der Waals surface area contributed by atoms with Gasteiger partial charge in [-0.15, -0.1) is 0 Å². The fraction of sp³-hybridized carbons (Fsp3) is 0.324. The van der Waals surface area contributed by atoms with Crippen molar-refractivity contribution in [3.63, 3.8) is 0 Å². The van der Waals surface area contributed by atoms with E-state index in [0.29, 0.717) is 5.92 Å². The van der Waals surface area contributed by atoms with Crippen LogP contribution in [0.4, 0.5) is 0 Å². The van der Waals surface area contributed by atoms with Gasteiger partial charge in [0, 0.05) is 11.1 Å². The SMILES string of the molecule is CCCCCCc1ccc(C#Cc2ccc(C3CCC(=Cc4ccc(C#N)cc4)CC3)cc2)cc1. The molecule has 1 aliphatic carbocycles. The molecule has 3 aromatic rings. The fourth-order valence-electron chi connectivity index (χ4n) is 4.85. The minimum atomic E-state index is 0.625. The number of unbranched alkanes of at least 4 members (excludes halogenated alkanes) is 3. The van der Waals surface area contributed by atoms with Crippen molar-refractivity contribution in [1.82, 2.24) is 0 Å². The van der Waals surface area contributed by atoms with Crippen LogP contribution in [0.5, 0.6) is 0 Å². The second-order valence-electron chi connectivity index (χ2n) is 9.69. The maximum atomic E-state index is 8.96. The highest BCUT2D eigenvalue weighted by atomic mass is 14.2. The Morgan fingerprint density at radius 1 is 0.743 bits per heavy atom. The van der Waals surface area contributed by atoms with Gasteiger partial charge in [0.2, 0.25) is 0 Å². The second kappa shape index (κ2) is 12.8. The minimum absolute atomic E-state index is 0.625. The standard InChI is InChI=1S/C34H35N/c1-2-3-4-5-6-27-7-9-28(10-8-27)11-12-29-17-21-33(22-18-29)34-23-19-31(20-24-34)25-30-13-15-32(26-35)16-14-30/h7-10,13-18,21-22,25,34H,2-6,19-20,23-24H2,1H3. The molecule has 0 spiro atoms. The lowest BCUT2D eigenvalue weighted by atomic mass is 9.81. The average molecular weight is 458 g/mol. The van der Waals surface area contributed by atoms with Gasteiger partial charge in [0.25, 0.3) is 0 Å². The number of nitriles is 1. The molecule has 0 amide bonds. The minimum Gasteiger partial charge on any atom is -0.192 e. The van der Waals surface area contributed by atoms with Crippen LogP contribution >= 0.6 is 0 Å². The van der Waals surface area contributed by atoms with Gasteiger partial charge in [0.05, 0.1) is 11.6 Å². The number of hydrogen-bond donors (Lipinski definition) is 0. The molecule has 0 aromatic heterocycles. The predicted octanol–water partition coefficient (Wildman–Crippen LogP) is 8.82. The molecule has 1 fully saturated rings. The van der Waals surface area contributed by atoms with Gasteiger partial charge in [-0.1, -0.05) is 86.1 Å². The lowest BCUT2D eigenvalue weighted by molar-refractivity contribution is 0.519. The van der Waals surface area contributed by atoms with E-state index in [1.165, 1.54) is 67.2 Å². The quantitative estimate of drug-likeness (QED) is 0.257. The molecule has 0 bridgehead atoms. The molecule has 35 heavy (non-hydrogen) atoms. The van der Waals surface area contributed by atoms with Crippen LogP contribution in [0.15, 0.2) is 78.4 Å². The van der Waals surface area contributed by atoms with E-state index in [-0.39, 0.29) is 0 Å². The van der Waals surface area contributed by atoms with Gasteiger partial charge >= 0.3 is 0 Å². The van der Waals surface area contributed by atoms with Crippen LogP contribution in [0, 0.1) is 23.2 Å². The Labute approximate surface area is 211 Å². The molecule has 1 heteroatoms. The Hall–Kier alpha value is -3.55. The summed E-state index contributed by atoms with van der Waals surface area (Å²) in [6, 6.07) is 27.7. The summed E-state index contributed by atoms with van der Waals surface area (Å²) >= 11 is 0. The van der Waals surface area contributed by atoms with Crippen molar-refractivity contribution in [2.24, 2.45) is 0 Å². The zero-order valence-corrected chi connectivity index (χ0v) is 20.9. The molecule has 0 N–H and O–H groups in total. The predicted molar refractivity (Wildman–Crippen MR) is 147 cm³/mol. The maximum Gasteiger partial charge on any atom is 0.0991 e. The summed E-state index contributed by atoms with van der Waals surface area (Å²) in [5.41, 5.74) is 8.44. The zero-order chi connectivity index (χ0) is 24.3. The Bertz CT molecular complexity index is 1200. The number of hydrogen-bond acceptors (Lipinski definition) is 1. The van der Waals surface area contributed by atoms with Crippen LogP contribution in [0.2, 0.25) is 0 Å². The first kappa shape index (κ1) is 24.6. The molecule has 0 unspecified atom stereocenters. The van der Waals surface area contributed by atoms with Crippen molar-refractivity contribution in [2.75, 3.05) is 0 Å². The van der Waals surface area contributed by atoms with E-state index >= 15 is 0 Å². The lowest BCUT2D eigenvalue weighted by Crippen LogP contribution is -2.06. The maximum absolute atomic E-state index is 8.96. The van der Waals surface area contributed by atoms with Crippen molar-refractivity contribution in [3.05, 3.63) is 112 Å². The third-order valence-corrected chi connectivity index (χ3v) is 7.04. The monoisotopic (exact) mass is 457 g/mol. The zero-order valence-electron chi connectivity index (χ0n) is 20.9. The van der Waals surface area contributed by atoms with Crippen molar-refractivity contribution < 1.29 is 0 Å². The molecule has 1 saturated carbocycles. The number of allylic oxidation sites excluding steroid dienone is 1. The highest BCUT2D eigenvalue weighted by Crippen LogP contribution is 2.36. The van der Waals surface area contributed by atoms with Gasteiger partial charge in [-0.05, 0) is 97.5 Å². The molecule has 0 saturated heterocycles. The van der Waals surface area contributed by atoms with E-state index in [2.05, 4.69) is 79.4 Å². The highest BCUT2D eigenvalue weighted by molar-refractivity contribution is 5.54. The smallest absolute Gasteiger partial charge is 0.0991 e. The number of benzene rings is 3. The van der Waals surface area contributed by atoms with Gasteiger partial charge in [-0.2, -0.15) is 5.26 Å². The topological polar surface area (TPSA) is 23.8 Å². The van der Waals surface area contributed by atoms with E-state index in [1.807, 2.05) is 24.3 Å². The van der Waals surface area contributed by atoms with E-state index in [9.17, 15) is 0 Å². The van der Waals surface area contributed by atoms with Gasteiger partial charge < -0.3 is 0 Å². The average Bonchev–Trinajstić information content (AvgIpc) is 2.92. The Kier molecular flexibility index (Phi) is 8.98. The Morgan fingerprint density at radius 2 is 1.34 bits per heavy atom. The van der Waals surface area contributed by atoms with Crippen molar-refractivity contribution in [2.45, 2.75) is 70.6 Å². The van der Waals surface area contributed by atoms with Crippen LogP contribution in [-0.4, -0.2) is 0 Å². The van der Waals surface area contributed by atoms with Crippen LogP contribution in [0.25, 0.3) is 6.08 Å². The summed E-state index contributed by atoms with van der Waals surface area (Å²) in [4.78, 5) is 0. The molecular formula is C34H35N. The molecular weight excluding hydrogens is 422 g/mol. The van der Waals surface area contributed by atoms with Gasteiger partial charge in [0.1, 0.15) is 0 Å². The second-order valence-corrected chi connectivity index (χ2v) is 9.69. The fourth-order valence-corrected chi connectivity index (χ4v) is 4.85. The molecule has 4 rings (SSSR count). The molecule has 0 heterocycles. The summed E-state index contributed by atoms with van der Waals surface area (Å²) in [7, 11) is 0. The summed E-state index contributed by atoms with van der Waals surface area (Å²) in [6.07, 6.45) is 13.4. The highest BCUT2D eigenvalue weighted by Gasteiger charge is 2.18. The largest absolute Gasteiger partial charge is 0.192 e. The third-order valence-electron chi connectivity index (χ3n) is 7.04. The molecule has 1 nitrogen and oxygen atoms in total. The number of rotatable bonds is 7. The molecule has 0 radical (unpaired) electrons. The van der Waals surface area contributed by atoms with Crippen LogP contribution in [-0.2, 0) is 6.42 Å². The van der Waals surface area contributed by atoms with Gasteiger partial charge in [0.15, 0.2) is 0 Å². The van der Waals surface area contributed by atoms with Crippen LogP contribution in [0.1, 0.15) is 97.6 Å². The first-order valence-electron chi connectivity index (χ1n) is 13.1. The third kappa shape index (κ3) is 7.47. The first-order valence-corrected chi connectivity index (χ1v) is 13.1. The molecule has 1 aliphatic rings. The van der Waals surface area contributed by atoms with Crippen LogP contribution < -0.4 is 0 Å². The molecule has 0 atom stereocenters. The van der Waals surface area contributed by atoms with Crippen molar-refractivity contribution in [3.8, 4) is 17.9 Å². The van der Waals surface area contributed by atoms with E-state index < -0.39 is 0 Å². The van der Waals surface area contributed by atoms with Crippen molar-refractivity contribution >= 4 is 6.08 Å². The summed E-state index contributed by atoms with van der Waals surface area (Å²) in [5.74, 6) is 7.28. The van der Waals surface area contributed by atoms with Crippen LogP contribution in [0.3, 0.4) is 0 Å². The van der Waals surface area contributed by atoms with E-state index in [0.717, 1.165) is 29.5 Å². The summed E-state index contributed by atoms with van der Waals surface area (Å²) < 4.78 is 0. The van der Waals surface area contributed by atoms with Gasteiger partial charge in [-0.3, -0.25) is 0 Å². The van der Waals surface area contributed by atoms with Crippen molar-refractivity contribution in [1.29, 1.82) is 5.26 Å². The van der Waals surface area contributed by atoms with Gasteiger partial charge in [-0.25, -0.2) is 0 Å². The number of aryl methyl sites for hydroxylation is 1. The summed E-state index contributed by atoms with van der Waals surface area (Å²) in [5, 5.41) is 8.96. The lowest BCUT2D eigenvalue weighted by Gasteiger charge is -2.24. The van der Waals surface area contributed by atoms with E-state index in [1.54, 1.807) is 0 Å². The Balaban J connectivity index is 1.28. The first-order chi connectivity index (χ1) is 17.2. The Morgan fingerprint density at radius 3 is 1.94 bits per heavy atom. The number of nitrogens with zero attached hydrogens (tertiary/aromatic N) is 1. The molecule has 3 aromatic carbocycles. The van der Waals surface area contributed by atoms with E-state index in [4.69, 9.17) is 5.26 Å². The molecule has 176 valence electrons.